The number of nitrogens with zero attached hydrogens (tertiary/aromatic N) is 3. The number of hydrogen-bond donors (Lipinski definition) is 2. The average Bonchev–Trinajstić information content (AvgIpc) is 3.19. The van der Waals surface area contributed by atoms with E-state index in [9.17, 15) is 18.8 Å². The lowest BCUT2D eigenvalue weighted by molar-refractivity contribution is -0.125. The predicted molar refractivity (Wildman–Crippen MR) is 135 cm³/mol. The second-order valence-electron chi connectivity index (χ2n) is 8.14. The van der Waals surface area contributed by atoms with Crippen LogP contribution < -0.4 is 10.6 Å². The average molecular weight is 496 g/mol. The summed E-state index contributed by atoms with van der Waals surface area (Å²) in [5, 5.41) is 5.92. The van der Waals surface area contributed by atoms with Crippen molar-refractivity contribution in [3.63, 3.8) is 0 Å². The van der Waals surface area contributed by atoms with Crippen LogP contribution in [0.3, 0.4) is 0 Å². The van der Waals surface area contributed by atoms with E-state index in [0.29, 0.717) is 35.3 Å². The molecule has 0 spiro atoms. The van der Waals surface area contributed by atoms with Crippen LogP contribution in [0.1, 0.15) is 38.2 Å². The zero-order chi connectivity index (χ0) is 24.8. The van der Waals surface area contributed by atoms with Crippen LogP contribution >= 0.6 is 11.8 Å². The van der Waals surface area contributed by atoms with E-state index in [0.717, 1.165) is 30.2 Å². The zero-order valence-corrected chi connectivity index (χ0v) is 20.1. The number of amidine groups is 2. The van der Waals surface area contributed by atoms with Crippen LogP contribution in [0.25, 0.3) is 0 Å². The summed E-state index contributed by atoms with van der Waals surface area (Å²) in [7, 11) is 0. The minimum Gasteiger partial charge on any atom is -0.356 e. The summed E-state index contributed by atoms with van der Waals surface area (Å²) in [6.07, 6.45) is 2.39. The molecule has 0 aliphatic carbocycles. The fourth-order valence-corrected chi connectivity index (χ4v) is 4.51. The number of rotatable bonds is 9. The Morgan fingerprint density at radius 3 is 2.66 bits per heavy atom. The van der Waals surface area contributed by atoms with Gasteiger partial charge in [-0.15, -0.1) is 0 Å². The van der Waals surface area contributed by atoms with Crippen LogP contribution in [0.4, 0.5) is 15.8 Å². The number of carbonyl (C=O) groups excluding carboxylic acids is 3. The van der Waals surface area contributed by atoms with Gasteiger partial charge in [0.05, 0.1) is 11.4 Å². The van der Waals surface area contributed by atoms with Gasteiger partial charge in [-0.25, -0.2) is 14.3 Å². The Bertz CT molecular complexity index is 1180. The van der Waals surface area contributed by atoms with E-state index in [2.05, 4.69) is 27.5 Å². The Balaban J connectivity index is 1.44. The maximum atomic E-state index is 13.2. The predicted octanol–water partition coefficient (Wildman–Crippen LogP) is 3.85. The number of halogens is 1. The lowest BCUT2D eigenvalue weighted by atomic mass is 10.1. The SMILES string of the molecule is CCCCNC(=O)CC[C@H]1N=C2c3ccccc3N=C(SCC(=O)Nc3ccc(F)cc3)N2C1=O. The standard InChI is InChI=1S/C25H26FN5O3S/c1-2-3-14-27-21(32)13-12-20-24(34)31-23(29-20)18-6-4-5-7-19(18)30-25(31)35-15-22(33)28-17-10-8-16(26)9-11-17/h4-11,20H,2-3,12-15H2,1H3,(H,27,32)(H,28,33)/t20-/m1/s1. The van der Waals surface area contributed by atoms with Crippen LogP contribution in [-0.4, -0.2) is 52.0 Å². The van der Waals surface area contributed by atoms with Crippen molar-refractivity contribution in [2.24, 2.45) is 9.98 Å². The topological polar surface area (TPSA) is 103 Å². The molecule has 182 valence electrons. The molecule has 35 heavy (non-hydrogen) atoms. The Kier molecular flexibility index (Phi) is 7.91. The smallest absolute Gasteiger partial charge is 0.259 e. The number of benzene rings is 2. The zero-order valence-electron chi connectivity index (χ0n) is 19.3. The van der Waals surface area contributed by atoms with Crippen molar-refractivity contribution >= 4 is 51.9 Å². The molecule has 0 bridgehead atoms. The molecular formula is C25H26FN5O3S. The van der Waals surface area contributed by atoms with Crippen molar-refractivity contribution in [1.29, 1.82) is 0 Å². The van der Waals surface area contributed by atoms with Crippen LogP contribution in [0.2, 0.25) is 0 Å². The molecule has 1 atom stereocenters. The molecule has 0 radical (unpaired) electrons. The molecule has 2 aliphatic rings. The third-order valence-electron chi connectivity index (χ3n) is 5.51. The van der Waals surface area contributed by atoms with Gasteiger partial charge in [0.15, 0.2) is 5.17 Å². The number of amides is 3. The molecule has 8 nitrogen and oxygen atoms in total. The fraction of sp³-hybridized carbons (Fsp3) is 0.320. The minimum absolute atomic E-state index is 0.0000617. The van der Waals surface area contributed by atoms with E-state index in [1.807, 2.05) is 24.3 Å². The van der Waals surface area contributed by atoms with Crippen LogP contribution in [-0.2, 0) is 14.4 Å². The van der Waals surface area contributed by atoms with E-state index in [-0.39, 0.29) is 35.7 Å². The molecule has 10 heteroatoms. The lowest BCUT2D eigenvalue weighted by Crippen LogP contribution is -2.41. The maximum Gasteiger partial charge on any atom is 0.259 e. The summed E-state index contributed by atoms with van der Waals surface area (Å²) in [4.78, 5) is 48.5. The summed E-state index contributed by atoms with van der Waals surface area (Å²) in [6, 6.07) is 12.2. The van der Waals surface area contributed by atoms with Gasteiger partial charge < -0.3 is 10.6 Å². The highest BCUT2D eigenvalue weighted by Crippen LogP contribution is 2.34. The first-order valence-corrected chi connectivity index (χ1v) is 12.5. The van der Waals surface area contributed by atoms with Gasteiger partial charge >= 0.3 is 0 Å². The molecular weight excluding hydrogens is 469 g/mol. The number of hydrogen-bond acceptors (Lipinski definition) is 6. The van der Waals surface area contributed by atoms with E-state index in [1.54, 1.807) is 0 Å². The molecule has 2 aliphatic heterocycles. The third kappa shape index (κ3) is 5.94. The number of thioether (sulfide) groups is 1. The molecule has 0 unspecified atom stereocenters. The third-order valence-corrected chi connectivity index (χ3v) is 6.44. The van der Waals surface area contributed by atoms with Crippen LogP contribution in [0.15, 0.2) is 58.5 Å². The van der Waals surface area contributed by atoms with Crippen molar-refractivity contribution in [2.75, 3.05) is 17.6 Å². The van der Waals surface area contributed by atoms with Gasteiger partial charge in [0, 0.05) is 24.2 Å². The molecule has 2 heterocycles. The van der Waals surface area contributed by atoms with Crippen molar-refractivity contribution in [2.45, 2.75) is 38.6 Å². The number of anilines is 1. The maximum absolute atomic E-state index is 13.2. The van der Waals surface area contributed by atoms with Crippen LogP contribution in [0.5, 0.6) is 0 Å². The van der Waals surface area contributed by atoms with Crippen molar-refractivity contribution in [3.05, 3.63) is 59.9 Å². The van der Waals surface area contributed by atoms with Crippen molar-refractivity contribution in [1.82, 2.24) is 10.2 Å². The van der Waals surface area contributed by atoms with Gasteiger partial charge in [-0.3, -0.25) is 19.4 Å². The number of fused-ring (bicyclic) bond motifs is 3. The van der Waals surface area contributed by atoms with E-state index in [1.165, 1.54) is 29.2 Å². The van der Waals surface area contributed by atoms with E-state index < -0.39 is 6.04 Å². The first-order chi connectivity index (χ1) is 17.0. The number of aliphatic imine (C=N–C) groups is 2. The second kappa shape index (κ2) is 11.3. The number of para-hydroxylation sites is 1. The first-order valence-electron chi connectivity index (χ1n) is 11.5. The highest BCUT2D eigenvalue weighted by atomic mass is 32.2. The molecule has 0 aromatic heterocycles. The Morgan fingerprint density at radius 2 is 1.89 bits per heavy atom. The normalized spacial score (nSPS) is 16.2. The Hall–Kier alpha value is -3.53. The van der Waals surface area contributed by atoms with Crippen molar-refractivity contribution in [3.8, 4) is 0 Å². The van der Waals surface area contributed by atoms with E-state index in [4.69, 9.17) is 0 Å². The summed E-state index contributed by atoms with van der Waals surface area (Å²) >= 11 is 1.12. The summed E-state index contributed by atoms with van der Waals surface area (Å²) in [6.45, 7) is 2.67. The summed E-state index contributed by atoms with van der Waals surface area (Å²) in [5.41, 5.74) is 1.87. The van der Waals surface area contributed by atoms with Gasteiger partial charge in [-0.2, -0.15) is 0 Å². The van der Waals surface area contributed by atoms with E-state index >= 15 is 0 Å². The summed E-state index contributed by atoms with van der Waals surface area (Å²) < 4.78 is 13.1. The molecule has 2 N–H and O–H groups in total. The number of nitrogens with one attached hydrogen (secondary N) is 2. The quantitative estimate of drug-likeness (QED) is 0.516. The Morgan fingerprint density at radius 1 is 1.11 bits per heavy atom. The molecule has 2 aromatic rings. The Labute approximate surface area is 207 Å². The van der Waals surface area contributed by atoms with Gasteiger partial charge in [-0.1, -0.05) is 37.2 Å². The second-order valence-corrected chi connectivity index (χ2v) is 9.08. The molecule has 0 fully saturated rings. The minimum atomic E-state index is -0.688. The molecule has 0 saturated heterocycles. The largest absolute Gasteiger partial charge is 0.356 e. The monoisotopic (exact) mass is 495 g/mol. The van der Waals surface area contributed by atoms with Gasteiger partial charge in [0.2, 0.25) is 11.8 Å². The molecule has 4 rings (SSSR count). The lowest BCUT2D eigenvalue weighted by Gasteiger charge is -2.25. The number of carbonyl (C=O) groups is 3. The highest BCUT2D eigenvalue weighted by molar-refractivity contribution is 8.14. The van der Waals surface area contributed by atoms with Gasteiger partial charge in [0.1, 0.15) is 17.7 Å². The van der Waals surface area contributed by atoms with Gasteiger partial charge in [0.25, 0.3) is 5.91 Å². The summed E-state index contributed by atoms with van der Waals surface area (Å²) in [5.74, 6) is -0.578. The molecule has 2 aromatic carbocycles. The van der Waals surface area contributed by atoms with Gasteiger partial charge in [-0.05, 0) is 49.2 Å². The van der Waals surface area contributed by atoms with Crippen molar-refractivity contribution < 1.29 is 18.8 Å². The highest BCUT2D eigenvalue weighted by Gasteiger charge is 2.41. The fourth-order valence-electron chi connectivity index (χ4n) is 3.71. The van der Waals surface area contributed by atoms with Crippen LogP contribution in [0, 0.1) is 5.82 Å². The molecule has 3 amide bonds. The number of unbranched alkanes of at least 4 members (excludes halogenated alkanes) is 1. The molecule has 0 saturated carbocycles. The first kappa shape index (κ1) is 24.6.